The first kappa shape index (κ1) is 23.1. The Kier molecular flexibility index (Phi) is 7.57. The first-order chi connectivity index (χ1) is 13.5. The monoisotopic (exact) mass is 417 g/mol. The molecule has 0 bridgehead atoms. The summed E-state index contributed by atoms with van der Waals surface area (Å²) in [6.45, 7) is 7.25. The van der Waals surface area contributed by atoms with Gasteiger partial charge in [-0.1, -0.05) is 50.2 Å². The van der Waals surface area contributed by atoms with E-state index in [1.54, 1.807) is 19.1 Å². The van der Waals surface area contributed by atoms with Crippen molar-refractivity contribution in [1.82, 2.24) is 14.9 Å². The van der Waals surface area contributed by atoms with Gasteiger partial charge in [-0.2, -0.15) is 0 Å². The molecule has 0 fully saturated rings. The molecule has 7 heteroatoms. The summed E-state index contributed by atoms with van der Waals surface area (Å²) in [7, 11) is 0.215. The summed E-state index contributed by atoms with van der Waals surface area (Å²) in [5.41, 5.74) is 1.09. The third-order valence-electron chi connectivity index (χ3n) is 4.51. The molecule has 0 aromatic heterocycles. The van der Waals surface area contributed by atoms with Crippen LogP contribution in [0.3, 0.4) is 0 Å². The second-order valence-electron chi connectivity index (χ2n) is 8.37. The quantitative estimate of drug-likeness (QED) is 0.657. The summed E-state index contributed by atoms with van der Waals surface area (Å²) in [4.78, 5) is 14.7. The van der Waals surface area contributed by atoms with Crippen molar-refractivity contribution in [3.8, 4) is 0 Å². The second-order valence-corrected chi connectivity index (χ2v) is 10.1. The van der Waals surface area contributed by atoms with Crippen LogP contribution in [0.25, 0.3) is 0 Å². The van der Waals surface area contributed by atoms with E-state index in [-0.39, 0.29) is 22.3 Å². The molecule has 0 aliphatic rings. The van der Waals surface area contributed by atoms with E-state index in [9.17, 15) is 13.2 Å². The van der Waals surface area contributed by atoms with Crippen LogP contribution in [-0.2, 0) is 10.0 Å². The van der Waals surface area contributed by atoms with E-state index in [4.69, 9.17) is 0 Å². The van der Waals surface area contributed by atoms with Crippen molar-refractivity contribution >= 4 is 15.9 Å². The molecule has 0 radical (unpaired) electrons. The number of sulfonamides is 1. The number of nitrogens with one attached hydrogen (secondary N) is 2. The van der Waals surface area contributed by atoms with E-state index in [1.807, 2.05) is 44.4 Å². The van der Waals surface area contributed by atoms with Crippen molar-refractivity contribution in [1.29, 1.82) is 0 Å². The average molecular weight is 418 g/mol. The van der Waals surface area contributed by atoms with E-state index < -0.39 is 10.0 Å². The van der Waals surface area contributed by atoms with E-state index in [1.165, 1.54) is 12.1 Å². The molecule has 6 nitrogen and oxygen atoms in total. The van der Waals surface area contributed by atoms with Crippen LogP contribution in [0.2, 0.25) is 0 Å². The van der Waals surface area contributed by atoms with Gasteiger partial charge in [0, 0.05) is 24.7 Å². The summed E-state index contributed by atoms with van der Waals surface area (Å²) in [5.74, 6) is -0.287. The smallest absolute Gasteiger partial charge is 0.251 e. The van der Waals surface area contributed by atoms with Crippen molar-refractivity contribution in [2.24, 2.45) is 5.41 Å². The van der Waals surface area contributed by atoms with E-state index in [0.717, 1.165) is 12.1 Å². The number of amides is 1. The number of carbonyl (C=O) groups excluding carboxylic acids is 1. The Morgan fingerprint density at radius 2 is 1.72 bits per heavy atom. The standard InChI is InChI=1S/C22H31N3O3S/c1-17(18-10-7-6-8-11-18)24-29(27,28)20-13-9-12-19(14-20)21(26)23-15-22(2,3)16-25(4)5/h6-14,17,24H,15-16H2,1-5H3,(H,23,26). The van der Waals surface area contributed by atoms with Gasteiger partial charge in [0.2, 0.25) is 10.0 Å². The van der Waals surface area contributed by atoms with Gasteiger partial charge < -0.3 is 10.2 Å². The number of hydrogen-bond acceptors (Lipinski definition) is 4. The third-order valence-corrected chi connectivity index (χ3v) is 6.05. The maximum atomic E-state index is 12.8. The summed E-state index contributed by atoms with van der Waals surface area (Å²) in [6, 6.07) is 15.1. The van der Waals surface area contributed by atoms with E-state index in [0.29, 0.717) is 12.1 Å². The Balaban J connectivity index is 2.10. The molecular weight excluding hydrogens is 386 g/mol. The number of nitrogens with zero attached hydrogens (tertiary/aromatic N) is 1. The van der Waals surface area contributed by atoms with E-state index >= 15 is 0 Å². The van der Waals surface area contributed by atoms with Gasteiger partial charge in [0.15, 0.2) is 0 Å². The molecule has 0 heterocycles. The molecule has 1 unspecified atom stereocenters. The van der Waals surface area contributed by atoms with Crippen LogP contribution in [0, 0.1) is 5.41 Å². The first-order valence-electron chi connectivity index (χ1n) is 9.60. The van der Waals surface area contributed by atoms with Gasteiger partial charge in [-0.25, -0.2) is 13.1 Å². The molecule has 2 aromatic rings. The topological polar surface area (TPSA) is 78.5 Å². The van der Waals surface area contributed by atoms with Crippen LogP contribution in [-0.4, -0.2) is 46.4 Å². The minimum absolute atomic E-state index is 0.0699. The Morgan fingerprint density at radius 1 is 1.07 bits per heavy atom. The van der Waals surface area contributed by atoms with Gasteiger partial charge in [-0.3, -0.25) is 4.79 Å². The normalized spacial score (nSPS) is 13.3. The predicted octanol–water partition coefficient (Wildman–Crippen LogP) is 3.04. The number of hydrogen-bond donors (Lipinski definition) is 2. The number of benzene rings is 2. The molecule has 0 saturated heterocycles. The summed E-state index contributed by atoms with van der Waals surface area (Å²) < 4.78 is 28.2. The lowest BCUT2D eigenvalue weighted by atomic mass is 9.93. The van der Waals surface area contributed by atoms with Gasteiger partial charge in [-0.15, -0.1) is 0 Å². The Labute approximate surface area is 174 Å². The highest BCUT2D eigenvalue weighted by Crippen LogP contribution is 2.18. The second kappa shape index (κ2) is 9.52. The highest BCUT2D eigenvalue weighted by atomic mass is 32.2. The highest BCUT2D eigenvalue weighted by molar-refractivity contribution is 7.89. The van der Waals surface area contributed by atoms with E-state index in [2.05, 4.69) is 28.8 Å². The fourth-order valence-electron chi connectivity index (χ4n) is 3.25. The molecule has 1 amide bonds. The molecule has 2 N–H and O–H groups in total. The molecular formula is C22H31N3O3S. The van der Waals surface area contributed by atoms with Crippen LogP contribution in [0.1, 0.15) is 42.7 Å². The van der Waals surface area contributed by atoms with Crippen LogP contribution in [0.5, 0.6) is 0 Å². The Hall–Kier alpha value is -2.22. The lowest BCUT2D eigenvalue weighted by Gasteiger charge is -2.28. The third kappa shape index (κ3) is 6.96. The van der Waals surface area contributed by atoms with Crippen molar-refractivity contribution in [3.63, 3.8) is 0 Å². The summed E-state index contributed by atoms with van der Waals surface area (Å²) >= 11 is 0. The maximum Gasteiger partial charge on any atom is 0.251 e. The van der Waals surface area contributed by atoms with Gasteiger partial charge in [0.05, 0.1) is 4.90 Å². The van der Waals surface area contributed by atoms with Gasteiger partial charge in [0.1, 0.15) is 0 Å². The average Bonchev–Trinajstić information content (AvgIpc) is 2.65. The predicted molar refractivity (Wildman–Crippen MR) is 116 cm³/mol. The Morgan fingerprint density at radius 3 is 2.34 bits per heavy atom. The van der Waals surface area contributed by atoms with Gasteiger partial charge >= 0.3 is 0 Å². The zero-order valence-electron chi connectivity index (χ0n) is 17.8. The number of carbonyl (C=O) groups is 1. The zero-order chi connectivity index (χ0) is 21.7. The van der Waals surface area contributed by atoms with Gasteiger partial charge in [-0.05, 0) is 50.2 Å². The van der Waals surface area contributed by atoms with Crippen molar-refractivity contribution in [2.75, 3.05) is 27.2 Å². The molecule has 1 atom stereocenters. The minimum atomic E-state index is -3.76. The molecule has 0 spiro atoms. The van der Waals surface area contributed by atoms with Crippen LogP contribution < -0.4 is 10.0 Å². The zero-order valence-corrected chi connectivity index (χ0v) is 18.6. The van der Waals surface area contributed by atoms with Crippen LogP contribution in [0.15, 0.2) is 59.5 Å². The molecule has 29 heavy (non-hydrogen) atoms. The Bertz CT molecular complexity index is 925. The largest absolute Gasteiger partial charge is 0.351 e. The molecule has 2 rings (SSSR count). The number of rotatable bonds is 9. The van der Waals surface area contributed by atoms with Gasteiger partial charge in [0.25, 0.3) is 5.91 Å². The van der Waals surface area contributed by atoms with Crippen LogP contribution in [0.4, 0.5) is 0 Å². The maximum absolute atomic E-state index is 12.8. The molecule has 0 saturated carbocycles. The lowest BCUT2D eigenvalue weighted by molar-refractivity contribution is 0.0929. The highest BCUT2D eigenvalue weighted by Gasteiger charge is 2.22. The summed E-state index contributed by atoms with van der Waals surface area (Å²) in [5, 5.41) is 2.91. The van der Waals surface area contributed by atoms with Crippen molar-refractivity contribution < 1.29 is 13.2 Å². The van der Waals surface area contributed by atoms with Crippen LogP contribution >= 0.6 is 0 Å². The summed E-state index contributed by atoms with van der Waals surface area (Å²) in [6.07, 6.45) is 0. The van der Waals surface area contributed by atoms with Crippen molar-refractivity contribution in [2.45, 2.75) is 31.7 Å². The molecule has 2 aromatic carbocycles. The fraction of sp³-hybridized carbons (Fsp3) is 0.409. The molecule has 0 aliphatic carbocycles. The molecule has 0 aliphatic heterocycles. The minimum Gasteiger partial charge on any atom is -0.351 e. The van der Waals surface area contributed by atoms with Crippen molar-refractivity contribution in [3.05, 3.63) is 65.7 Å². The fourth-order valence-corrected chi connectivity index (χ4v) is 4.53. The first-order valence-corrected chi connectivity index (χ1v) is 11.1. The lowest BCUT2D eigenvalue weighted by Crippen LogP contribution is -2.40. The molecule has 158 valence electrons. The SMILES string of the molecule is CC(NS(=O)(=O)c1cccc(C(=O)NCC(C)(C)CN(C)C)c1)c1ccccc1.